The quantitative estimate of drug-likeness (QED) is 0.514. The summed E-state index contributed by atoms with van der Waals surface area (Å²) in [6.45, 7) is 2.14. The van der Waals surface area contributed by atoms with Crippen molar-refractivity contribution in [1.29, 1.82) is 0 Å². The molecule has 0 unspecified atom stereocenters. The van der Waals surface area contributed by atoms with Gasteiger partial charge in [0.05, 0.1) is 18.3 Å². The molecule has 1 aromatic heterocycles. The van der Waals surface area contributed by atoms with E-state index in [4.69, 9.17) is 4.74 Å². The topological polar surface area (TPSA) is 35.0 Å². The fourth-order valence-corrected chi connectivity index (χ4v) is 3.15. The highest BCUT2D eigenvalue weighted by Gasteiger charge is 2.09. The van der Waals surface area contributed by atoms with Gasteiger partial charge in [0, 0.05) is 17.0 Å². The summed E-state index contributed by atoms with van der Waals surface area (Å²) in [6.07, 6.45) is 1.61. The molecule has 0 fully saturated rings. The van der Waals surface area contributed by atoms with Crippen molar-refractivity contribution in [2.45, 2.75) is 6.92 Å². The Labute approximate surface area is 147 Å². The average molecular weight is 326 g/mol. The smallest absolute Gasteiger partial charge is 0.121 e. The van der Waals surface area contributed by atoms with Crippen molar-refractivity contribution in [3.05, 3.63) is 78.6 Å². The van der Waals surface area contributed by atoms with Crippen molar-refractivity contribution in [1.82, 2.24) is 9.97 Å². The van der Waals surface area contributed by atoms with Gasteiger partial charge in [-0.3, -0.25) is 0 Å². The molecule has 1 heterocycles. The van der Waals surface area contributed by atoms with E-state index in [9.17, 15) is 0 Å². The van der Waals surface area contributed by atoms with Crippen LogP contribution in [0.2, 0.25) is 0 Å². The lowest BCUT2D eigenvalue weighted by atomic mass is 9.96. The van der Waals surface area contributed by atoms with E-state index in [2.05, 4.69) is 59.4 Å². The van der Waals surface area contributed by atoms with Crippen LogP contribution in [-0.2, 0) is 0 Å². The van der Waals surface area contributed by atoms with Gasteiger partial charge in [-0.25, -0.2) is 9.97 Å². The predicted octanol–water partition coefficient (Wildman–Crippen LogP) is 5.28. The van der Waals surface area contributed by atoms with Crippen LogP contribution in [0.3, 0.4) is 0 Å². The number of methoxy groups -OCH3 is 1. The lowest BCUT2D eigenvalue weighted by Crippen LogP contribution is -1.92. The Morgan fingerprint density at radius 2 is 1.64 bits per heavy atom. The van der Waals surface area contributed by atoms with E-state index >= 15 is 0 Å². The second kappa shape index (κ2) is 6.36. The molecule has 0 aliphatic rings. The minimum absolute atomic E-state index is 0.799. The minimum Gasteiger partial charge on any atom is -0.497 e. The maximum absolute atomic E-state index is 5.29. The van der Waals surface area contributed by atoms with Crippen LogP contribution in [0.5, 0.6) is 5.75 Å². The molecule has 0 aliphatic carbocycles. The summed E-state index contributed by atoms with van der Waals surface area (Å²) in [6, 6.07) is 22.8. The molecule has 122 valence electrons. The summed E-state index contributed by atoms with van der Waals surface area (Å²) in [5.41, 5.74) is 6.61. The van der Waals surface area contributed by atoms with Gasteiger partial charge < -0.3 is 4.74 Å². The second-order valence-electron chi connectivity index (χ2n) is 6.00. The van der Waals surface area contributed by atoms with Crippen molar-refractivity contribution in [2.75, 3.05) is 7.11 Å². The molecule has 0 amide bonds. The van der Waals surface area contributed by atoms with Gasteiger partial charge in [0.2, 0.25) is 0 Å². The van der Waals surface area contributed by atoms with E-state index in [1.807, 2.05) is 24.3 Å². The van der Waals surface area contributed by atoms with Crippen LogP contribution < -0.4 is 4.74 Å². The Balaban J connectivity index is 1.83. The van der Waals surface area contributed by atoms with Crippen molar-refractivity contribution >= 4 is 10.9 Å². The van der Waals surface area contributed by atoms with E-state index in [0.29, 0.717) is 0 Å². The molecular weight excluding hydrogens is 308 g/mol. The summed E-state index contributed by atoms with van der Waals surface area (Å²) >= 11 is 0. The van der Waals surface area contributed by atoms with Gasteiger partial charge in [0.15, 0.2) is 0 Å². The third kappa shape index (κ3) is 2.85. The molecule has 3 nitrogen and oxygen atoms in total. The van der Waals surface area contributed by atoms with Crippen molar-refractivity contribution < 1.29 is 4.74 Å². The largest absolute Gasteiger partial charge is 0.497 e. The monoisotopic (exact) mass is 326 g/mol. The van der Waals surface area contributed by atoms with Gasteiger partial charge in [0.25, 0.3) is 0 Å². The normalized spacial score (nSPS) is 10.8. The van der Waals surface area contributed by atoms with Crippen LogP contribution in [0.25, 0.3) is 33.3 Å². The number of rotatable bonds is 3. The zero-order chi connectivity index (χ0) is 17.2. The number of fused-ring (bicyclic) bond motifs is 1. The number of aryl methyl sites for hydroxylation is 1. The standard InChI is InChI=1S/C22H18N2O/c1-15-12-17(8-10-19(15)16-6-4-3-5-7-16)22-20-11-9-18(25-2)13-21(20)23-14-24-22/h3-14H,1-2H3. The van der Waals surface area contributed by atoms with E-state index in [1.165, 1.54) is 16.7 Å². The molecule has 0 saturated carbocycles. The van der Waals surface area contributed by atoms with E-state index in [0.717, 1.165) is 27.9 Å². The van der Waals surface area contributed by atoms with Crippen molar-refractivity contribution in [2.24, 2.45) is 0 Å². The summed E-state index contributed by atoms with van der Waals surface area (Å²) in [7, 11) is 1.66. The van der Waals surface area contributed by atoms with Crippen LogP contribution in [0.1, 0.15) is 5.56 Å². The Morgan fingerprint density at radius 3 is 2.40 bits per heavy atom. The van der Waals surface area contributed by atoms with Crippen LogP contribution in [0, 0.1) is 6.92 Å². The molecule has 0 aliphatic heterocycles. The van der Waals surface area contributed by atoms with Gasteiger partial charge in [-0.15, -0.1) is 0 Å². The third-order valence-electron chi connectivity index (χ3n) is 4.43. The molecule has 4 aromatic rings. The van der Waals surface area contributed by atoms with Crippen LogP contribution in [-0.4, -0.2) is 17.1 Å². The number of benzene rings is 3. The summed E-state index contributed by atoms with van der Waals surface area (Å²) < 4.78 is 5.29. The number of nitrogens with zero attached hydrogens (tertiary/aromatic N) is 2. The molecule has 0 bridgehead atoms. The Hall–Kier alpha value is -3.20. The third-order valence-corrected chi connectivity index (χ3v) is 4.43. The number of aromatic nitrogens is 2. The molecule has 0 N–H and O–H groups in total. The Kier molecular flexibility index (Phi) is 3.90. The van der Waals surface area contributed by atoms with E-state index in [1.54, 1.807) is 13.4 Å². The van der Waals surface area contributed by atoms with Gasteiger partial charge in [0.1, 0.15) is 12.1 Å². The van der Waals surface area contributed by atoms with Gasteiger partial charge in [-0.2, -0.15) is 0 Å². The first-order valence-corrected chi connectivity index (χ1v) is 8.21. The minimum atomic E-state index is 0.799. The van der Waals surface area contributed by atoms with Crippen LogP contribution in [0.4, 0.5) is 0 Å². The lowest BCUT2D eigenvalue weighted by molar-refractivity contribution is 0.415. The summed E-state index contributed by atoms with van der Waals surface area (Å²) in [5.74, 6) is 0.799. The fourth-order valence-electron chi connectivity index (χ4n) is 3.15. The molecule has 0 saturated heterocycles. The molecule has 3 heteroatoms. The Bertz CT molecular complexity index is 1040. The van der Waals surface area contributed by atoms with Gasteiger partial charge in [-0.05, 0) is 41.8 Å². The maximum Gasteiger partial charge on any atom is 0.121 e. The number of ether oxygens (including phenoxy) is 1. The average Bonchev–Trinajstić information content (AvgIpc) is 2.67. The summed E-state index contributed by atoms with van der Waals surface area (Å²) in [4.78, 5) is 8.90. The highest BCUT2D eigenvalue weighted by atomic mass is 16.5. The number of hydrogen-bond donors (Lipinski definition) is 0. The SMILES string of the molecule is COc1ccc2c(-c3ccc(-c4ccccc4)c(C)c3)ncnc2c1. The molecule has 4 rings (SSSR count). The molecule has 3 aromatic carbocycles. The molecule has 0 radical (unpaired) electrons. The zero-order valence-electron chi connectivity index (χ0n) is 14.2. The molecular formula is C22H18N2O. The van der Waals surface area contributed by atoms with E-state index in [-0.39, 0.29) is 0 Å². The highest BCUT2D eigenvalue weighted by Crippen LogP contribution is 2.31. The fraction of sp³-hybridized carbons (Fsp3) is 0.0909. The lowest BCUT2D eigenvalue weighted by Gasteiger charge is -2.11. The predicted molar refractivity (Wildman–Crippen MR) is 102 cm³/mol. The van der Waals surface area contributed by atoms with Crippen LogP contribution >= 0.6 is 0 Å². The van der Waals surface area contributed by atoms with E-state index < -0.39 is 0 Å². The first-order valence-electron chi connectivity index (χ1n) is 8.21. The second-order valence-corrected chi connectivity index (χ2v) is 6.00. The zero-order valence-corrected chi connectivity index (χ0v) is 14.2. The first-order chi connectivity index (χ1) is 12.3. The van der Waals surface area contributed by atoms with Crippen molar-refractivity contribution in [3.63, 3.8) is 0 Å². The van der Waals surface area contributed by atoms with Gasteiger partial charge in [-0.1, -0.05) is 42.5 Å². The van der Waals surface area contributed by atoms with Crippen LogP contribution in [0.15, 0.2) is 73.1 Å². The highest BCUT2D eigenvalue weighted by molar-refractivity contribution is 5.93. The molecule has 25 heavy (non-hydrogen) atoms. The van der Waals surface area contributed by atoms with Gasteiger partial charge >= 0.3 is 0 Å². The first kappa shape index (κ1) is 15.3. The summed E-state index contributed by atoms with van der Waals surface area (Å²) in [5, 5.41) is 1.02. The Morgan fingerprint density at radius 1 is 0.800 bits per heavy atom. The maximum atomic E-state index is 5.29. The van der Waals surface area contributed by atoms with Crippen molar-refractivity contribution in [3.8, 4) is 28.1 Å². The molecule has 0 spiro atoms. The molecule has 0 atom stereocenters. The number of hydrogen-bond acceptors (Lipinski definition) is 3.